The van der Waals surface area contributed by atoms with E-state index in [2.05, 4.69) is 20.7 Å². The molecule has 0 saturated heterocycles. The summed E-state index contributed by atoms with van der Waals surface area (Å²) in [6, 6.07) is 13.7. The van der Waals surface area contributed by atoms with E-state index in [0.29, 0.717) is 10.2 Å². The van der Waals surface area contributed by atoms with Crippen LogP contribution < -0.4 is 9.46 Å². The third kappa shape index (κ3) is 3.33. The molecule has 1 aromatic heterocycles. The van der Waals surface area contributed by atoms with E-state index in [9.17, 15) is 8.42 Å². The van der Waals surface area contributed by atoms with Crippen molar-refractivity contribution < 1.29 is 17.6 Å². The molecule has 5 nitrogen and oxygen atoms in total. The summed E-state index contributed by atoms with van der Waals surface area (Å²) >= 11 is 3.29. The van der Waals surface area contributed by atoms with Crippen LogP contribution in [0.2, 0.25) is 0 Å². The predicted octanol–water partition coefficient (Wildman–Crippen LogP) is 4.24. The monoisotopic (exact) mass is 409 g/mol. The minimum absolute atomic E-state index is 0.0716. The van der Waals surface area contributed by atoms with Gasteiger partial charge in [0.05, 0.1) is 13.2 Å². The predicted molar refractivity (Wildman–Crippen MR) is 95.6 cm³/mol. The van der Waals surface area contributed by atoms with Gasteiger partial charge in [-0.15, -0.1) is 0 Å². The molecule has 0 spiro atoms. The number of hydrogen-bond acceptors (Lipinski definition) is 4. The summed E-state index contributed by atoms with van der Waals surface area (Å²) in [5, 5.41) is 0.929. The summed E-state index contributed by atoms with van der Waals surface area (Å²) in [6.45, 7) is 1.74. The lowest BCUT2D eigenvalue weighted by molar-refractivity contribution is 0.401. The van der Waals surface area contributed by atoms with Gasteiger partial charge in [-0.05, 0) is 37.3 Å². The maximum Gasteiger partial charge on any atom is 0.244 e. The molecule has 2 aromatic carbocycles. The van der Waals surface area contributed by atoms with E-state index < -0.39 is 16.1 Å². The highest BCUT2D eigenvalue weighted by atomic mass is 79.9. The van der Waals surface area contributed by atoms with Crippen molar-refractivity contribution in [3.8, 4) is 5.75 Å². The molecule has 1 heterocycles. The smallest absolute Gasteiger partial charge is 0.244 e. The number of benzene rings is 2. The van der Waals surface area contributed by atoms with Gasteiger partial charge in [0, 0.05) is 9.86 Å². The molecule has 0 aliphatic carbocycles. The normalized spacial score (nSPS) is 13.1. The number of sulfonamides is 1. The van der Waals surface area contributed by atoms with Gasteiger partial charge in [-0.2, -0.15) is 0 Å². The molecule has 1 atom stereocenters. The van der Waals surface area contributed by atoms with Gasteiger partial charge in [0.2, 0.25) is 10.0 Å². The molecule has 0 fully saturated rings. The van der Waals surface area contributed by atoms with Crippen molar-refractivity contribution in [2.75, 3.05) is 7.11 Å². The summed E-state index contributed by atoms with van der Waals surface area (Å²) in [5.41, 5.74) is 0.721. The number of fused-ring (bicyclic) bond motifs is 1. The second-order valence-electron chi connectivity index (χ2n) is 5.32. The van der Waals surface area contributed by atoms with Crippen molar-refractivity contribution in [3.05, 3.63) is 58.8 Å². The summed E-state index contributed by atoms with van der Waals surface area (Å²) < 4.78 is 39.6. The second-order valence-corrected chi connectivity index (χ2v) is 7.92. The van der Waals surface area contributed by atoms with E-state index >= 15 is 0 Å². The Labute approximate surface area is 148 Å². The quantitative estimate of drug-likeness (QED) is 0.683. The Morgan fingerprint density at radius 1 is 1.17 bits per heavy atom. The Hall–Kier alpha value is -1.83. The van der Waals surface area contributed by atoms with Gasteiger partial charge in [0.15, 0.2) is 0 Å². The molecule has 0 aliphatic heterocycles. The zero-order valence-corrected chi connectivity index (χ0v) is 15.5. The van der Waals surface area contributed by atoms with Crippen LogP contribution in [0.15, 0.2) is 62.3 Å². The fourth-order valence-electron chi connectivity index (χ4n) is 2.43. The maximum atomic E-state index is 12.7. The molecule has 7 heteroatoms. The Balaban J connectivity index is 1.92. The van der Waals surface area contributed by atoms with Crippen LogP contribution in [0.1, 0.15) is 18.7 Å². The largest absolute Gasteiger partial charge is 0.495 e. The third-order valence-corrected chi connectivity index (χ3v) is 5.67. The lowest BCUT2D eigenvalue weighted by Crippen LogP contribution is -2.27. The standard InChI is InChI=1S/C17H16BrNO4S/c1-11(16-9-12-5-3-4-6-14(12)23-16)19-24(20,21)17-10-13(18)7-8-15(17)22-2/h3-11,19H,1-2H3/t11-/m0/s1. The van der Waals surface area contributed by atoms with E-state index in [1.54, 1.807) is 19.1 Å². The van der Waals surface area contributed by atoms with Crippen LogP contribution in [0.25, 0.3) is 11.0 Å². The third-order valence-electron chi connectivity index (χ3n) is 3.62. The van der Waals surface area contributed by atoms with Crippen LogP contribution in [-0.4, -0.2) is 15.5 Å². The van der Waals surface area contributed by atoms with Crippen LogP contribution in [-0.2, 0) is 10.0 Å². The number of halogens is 1. The minimum Gasteiger partial charge on any atom is -0.495 e. The van der Waals surface area contributed by atoms with E-state index in [4.69, 9.17) is 9.15 Å². The molecule has 0 radical (unpaired) electrons. The number of furan rings is 1. The van der Waals surface area contributed by atoms with E-state index in [0.717, 1.165) is 11.0 Å². The van der Waals surface area contributed by atoms with Crippen molar-refractivity contribution in [1.29, 1.82) is 0 Å². The van der Waals surface area contributed by atoms with Gasteiger partial charge in [-0.25, -0.2) is 13.1 Å². The first-order valence-corrected chi connectivity index (χ1v) is 9.52. The van der Waals surface area contributed by atoms with Gasteiger partial charge < -0.3 is 9.15 Å². The van der Waals surface area contributed by atoms with Crippen LogP contribution in [0.5, 0.6) is 5.75 Å². The highest BCUT2D eigenvalue weighted by Crippen LogP contribution is 2.29. The molecule has 0 saturated carbocycles. The number of nitrogens with one attached hydrogen (secondary N) is 1. The van der Waals surface area contributed by atoms with Crippen molar-refractivity contribution in [1.82, 2.24) is 4.72 Å². The molecule has 24 heavy (non-hydrogen) atoms. The molecule has 126 valence electrons. The summed E-state index contributed by atoms with van der Waals surface area (Å²) in [5.74, 6) is 0.830. The number of methoxy groups -OCH3 is 1. The van der Waals surface area contributed by atoms with Crippen LogP contribution >= 0.6 is 15.9 Å². The Bertz CT molecular complexity index is 948. The fraction of sp³-hybridized carbons (Fsp3) is 0.176. The zero-order valence-electron chi connectivity index (χ0n) is 13.1. The molecule has 0 amide bonds. The number of hydrogen-bond donors (Lipinski definition) is 1. The fourth-order valence-corrected chi connectivity index (χ4v) is 4.35. The zero-order chi connectivity index (χ0) is 17.3. The van der Waals surface area contributed by atoms with Crippen molar-refractivity contribution >= 4 is 36.9 Å². The van der Waals surface area contributed by atoms with Crippen molar-refractivity contribution in [2.45, 2.75) is 17.9 Å². The van der Waals surface area contributed by atoms with E-state index in [-0.39, 0.29) is 10.6 Å². The minimum atomic E-state index is -3.78. The SMILES string of the molecule is COc1ccc(Br)cc1S(=O)(=O)N[C@@H](C)c1cc2ccccc2o1. The number of ether oxygens (including phenoxy) is 1. The lowest BCUT2D eigenvalue weighted by Gasteiger charge is -2.14. The highest BCUT2D eigenvalue weighted by Gasteiger charge is 2.24. The van der Waals surface area contributed by atoms with Crippen LogP contribution in [0.3, 0.4) is 0 Å². The van der Waals surface area contributed by atoms with Gasteiger partial charge in [0.1, 0.15) is 22.0 Å². The van der Waals surface area contributed by atoms with E-state index in [1.807, 2.05) is 30.3 Å². The molecule has 1 N–H and O–H groups in total. The Morgan fingerprint density at radius 2 is 1.92 bits per heavy atom. The first kappa shape index (κ1) is 17.0. The number of rotatable bonds is 5. The molecule has 0 bridgehead atoms. The van der Waals surface area contributed by atoms with E-state index in [1.165, 1.54) is 13.2 Å². The summed E-state index contributed by atoms with van der Waals surface area (Å²) in [7, 11) is -2.34. The van der Waals surface area contributed by atoms with Gasteiger partial charge in [-0.1, -0.05) is 34.1 Å². The van der Waals surface area contributed by atoms with Crippen LogP contribution in [0, 0.1) is 0 Å². The first-order valence-electron chi connectivity index (χ1n) is 7.25. The topological polar surface area (TPSA) is 68.5 Å². The number of para-hydroxylation sites is 1. The molecule has 3 aromatic rings. The average Bonchev–Trinajstić information content (AvgIpc) is 2.98. The lowest BCUT2D eigenvalue weighted by atomic mass is 10.2. The molecular formula is C17H16BrNO4S. The first-order chi connectivity index (χ1) is 11.4. The summed E-state index contributed by atoms with van der Waals surface area (Å²) in [6.07, 6.45) is 0. The van der Waals surface area contributed by atoms with Crippen LogP contribution in [0.4, 0.5) is 0 Å². The molecular weight excluding hydrogens is 394 g/mol. The highest BCUT2D eigenvalue weighted by molar-refractivity contribution is 9.10. The van der Waals surface area contributed by atoms with Gasteiger partial charge in [-0.3, -0.25) is 0 Å². The Morgan fingerprint density at radius 3 is 2.62 bits per heavy atom. The molecule has 0 aliphatic rings. The van der Waals surface area contributed by atoms with Crippen molar-refractivity contribution in [3.63, 3.8) is 0 Å². The molecule has 3 rings (SSSR count). The van der Waals surface area contributed by atoms with Gasteiger partial charge >= 0.3 is 0 Å². The van der Waals surface area contributed by atoms with Gasteiger partial charge in [0.25, 0.3) is 0 Å². The average molecular weight is 410 g/mol. The summed E-state index contributed by atoms with van der Waals surface area (Å²) in [4.78, 5) is 0.0716. The Kier molecular flexibility index (Phi) is 4.67. The second kappa shape index (κ2) is 6.58. The van der Waals surface area contributed by atoms with Crippen molar-refractivity contribution in [2.24, 2.45) is 0 Å². The maximum absolute atomic E-state index is 12.7. The molecule has 0 unspecified atom stereocenters.